The molecule has 0 saturated heterocycles. The van der Waals surface area contributed by atoms with Gasteiger partial charge in [0.25, 0.3) is 0 Å². The average Bonchev–Trinajstić information content (AvgIpc) is 2.81. The number of allylic oxidation sites excluding steroid dienone is 4. The number of fused-ring (bicyclic) bond motifs is 1. The van der Waals surface area contributed by atoms with Crippen LogP contribution in [-0.2, 0) is 5.41 Å². The Bertz CT molecular complexity index is 820. The first-order chi connectivity index (χ1) is 11.5. The Labute approximate surface area is 145 Å². The molecule has 0 unspecified atom stereocenters. The summed E-state index contributed by atoms with van der Waals surface area (Å²) in [4.78, 5) is 0. The van der Waals surface area contributed by atoms with E-state index in [2.05, 4.69) is 57.3 Å². The number of hydrogen-bond acceptors (Lipinski definition) is 1. The normalized spacial score (nSPS) is 15.1. The number of rotatable bonds is 5. The summed E-state index contributed by atoms with van der Waals surface area (Å²) in [6.07, 6.45) is 3.91. The monoisotopic (exact) mass is 316 g/mol. The number of benzene rings is 2. The molecule has 0 saturated carbocycles. The fourth-order valence-electron chi connectivity index (χ4n) is 3.60. The maximum absolute atomic E-state index is 5.53. The van der Waals surface area contributed by atoms with Crippen molar-refractivity contribution in [3.63, 3.8) is 0 Å². The van der Waals surface area contributed by atoms with Gasteiger partial charge in [-0.05, 0) is 58.5 Å². The van der Waals surface area contributed by atoms with Crippen LogP contribution in [0.25, 0.3) is 16.7 Å². The predicted molar refractivity (Wildman–Crippen MR) is 103 cm³/mol. The molecule has 0 bridgehead atoms. The third-order valence-electron chi connectivity index (χ3n) is 4.85. The second kappa shape index (κ2) is 6.16. The van der Waals surface area contributed by atoms with Crippen molar-refractivity contribution >= 4 is 5.57 Å². The van der Waals surface area contributed by atoms with Crippen molar-refractivity contribution in [2.24, 2.45) is 0 Å². The van der Waals surface area contributed by atoms with Gasteiger partial charge in [-0.15, -0.1) is 0 Å². The lowest BCUT2D eigenvalue weighted by atomic mass is 9.80. The Morgan fingerprint density at radius 2 is 1.62 bits per heavy atom. The third-order valence-corrected chi connectivity index (χ3v) is 4.85. The highest BCUT2D eigenvalue weighted by molar-refractivity contribution is 5.88. The summed E-state index contributed by atoms with van der Waals surface area (Å²) < 4.78 is 5.53. The first-order valence-electron chi connectivity index (χ1n) is 8.40. The lowest BCUT2D eigenvalue weighted by molar-refractivity contribution is 0.340. The SMILES string of the molecule is C=CC1=C(C=C)C(C)(C)c2cc(-c3ccc(OCC)cc3)ccc21. The quantitative estimate of drug-likeness (QED) is 0.641. The molecular formula is C23H24O. The summed E-state index contributed by atoms with van der Waals surface area (Å²) in [5.41, 5.74) is 7.41. The van der Waals surface area contributed by atoms with Crippen molar-refractivity contribution in [3.05, 3.63) is 84.5 Å². The zero-order chi connectivity index (χ0) is 17.3. The topological polar surface area (TPSA) is 9.23 Å². The van der Waals surface area contributed by atoms with Gasteiger partial charge in [-0.1, -0.05) is 63.4 Å². The van der Waals surface area contributed by atoms with E-state index in [1.807, 2.05) is 31.2 Å². The van der Waals surface area contributed by atoms with Gasteiger partial charge >= 0.3 is 0 Å². The third kappa shape index (κ3) is 2.50. The van der Waals surface area contributed by atoms with Crippen molar-refractivity contribution in [1.82, 2.24) is 0 Å². The maximum atomic E-state index is 5.53. The molecule has 1 heteroatoms. The minimum atomic E-state index is -0.0537. The fraction of sp³-hybridized carbons (Fsp3) is 0.217. The lowest BCUT2D eigenvalue weighted by Crippen LogP contribution is -2.16. The molecule has 0 aromatic heterocycles. The number of ether oxygens (including phenoxy) is 1. The van der Waals surface area contributed by atoms with E-state index in [-0.39, 0.29) is 5.41 Å². The molecule has 0 heterocycles. The average molecular weight is 316 g/mol. The zero-order valence-corrected chi connectivity index (χ0v) is 14.7. The summed E-state index contributed by atoms with van der Waals surface area (Å²) in [5, 5.41) is 0. The van der Waals surface area contributed by atoms with Gasteiger partial charge in [0.05, 0.1) is 6.61 Å². The molecule has 122 valence electrons. The summed E-state index contributed by atoms with van der Waals surface area (Å²) in [7, 11) is 0. The van der Waals surface area contributed by atoms with Gasteiger partial charge < -0.3 is 4.74 Å². The first kappa shape index (κ1) is 16.3. The first-order valence-corrected chi connectivity index (χ1v) is 8.40. The van der Waals surface area contributed by atoms with E-state index in [1.165, 1.54) is 33.4 Å². The van der Waals surface area contributed by atoms with Crippen LogP contribution in [0.5, 0.6) is 5.75 Å². The van der Waals surface area contributed by atoms with Crippen LogP contribution in [-0.4, -0.2) is 6.61 Å². The maximum Gasteiger partial charge on any atom is 0.119 e. The molecule has 3 rings (SSSR count). The molecule has 0 N–H and O–H groups in total. The molecule has 24 heavy (non-hydrogen) atoms. The fourth-order valence-corrected chi connectivity index (χ4v) is 3.60. The Balaban J connectivity index is 2.06. The van der Waals surface area contributed by atoms with Crippen molar-refractivity contribution in [2.75, 3.05) is 6.61 Å². The van der Waals surface area contributed by atoms with E-state index >= 15 is 0 Å². The second-order valence-corrected chi connectivity index (χ2v) is 6.58. The van der Waals surface area contributed by atoms with E-state index in [4.69, 9.17) is 4.74 Å². The molecule has 1 aliphatic carbocycles. The van der Waals surface area contributed by atoms with Crippen molar-refractivity contribution in [3.8, 4) is 16.9 Å². The highest BCUT2D eigenvalue weighted by Crippen LogP contribution is 2.48. The smallest absolute Gasteiger partial charge is 0.119 e. The van der Waals surface area contributed by atoms with Crippen LogP contribution in [0.2, 0.25) is 0 Å². The van der Waals surface area contributed by atoms with Crippen LogP contribution >= 0.6 is 0 Å². The second-order valence-electron chi connectivity index (χ2n) is 6.58. The van der Waals surface area contributed by atoms with Crippen molar-refractivity contribution in [1.29, 1.82) is 0 Å². The largest absolute Gasteiger partial charge is 0.494 e. The van der Waals surface area contributed by atoms with Gasteiger partial charge in [0.2, 0.25) is 0 Å². The van der Waals surface area contributed by atoms with Gasteiger partial charge in [0.15, 0.2) is 0 Å². The molecule has 0 radical (unpaired) electrons. The lowest BCUT2D eigenvalue weighted by Gasteiger charge is -2.23. The molecular weight excluding hydrogens is 292 g/mol. The summed E-state index contributed by atoms with van der Waals surface area (Å²) >= 11 is 0. The summed E-state index contributed by atoms with van der Waals surface area (Å²) in [6.45, 7) is 15.2. The minimum Gasteiger partial charge on any atom is -0.494 e. The highest BCUT2D eigenvalue weighted by atomic mass is 16.5. The number of hydrogen-bond donors (Lipinski definition) is 0. The molecule has 0 amide bonds. The van der Waals surface area contributed by atoms with Crippen LogP contribution in [0.15, 0.2) is 73.3 Å². The standard InChI is InChI=1S/C23H24O/c1-6-19-20-14-11-17(15-22(20)23(4,5)21(19)7-2)16-9-12-18(13-10-16)24-8-3/h6-7,9-15H,1-2,8H2,3-5H3. The molecule has 0 fully saturated rings. The van der Waals surface area contributed by atoms with E-state index < -0.39 is 0 Å². The summed E-state index contributed by atoms with van der Waals surface area (Å²) in [5.74, 6) is 0.910. The Morgan fingerprint density at radius 1 is 0.958 bits per heavy atom. The van der Waals surface area contributed by atoms with Gasteiger partial charge in [-0.3, -0.25) is 0 Å². The Hall–Kier alpha value is -2.54. The van der Waals surface area contributed by atoms with Crippen LogP contribution < -0.4 is 4.74 Å². The van der Waals surface area contributed by atoms with Gasteiger partial charge in [0.1, 0.15) is 5.75 Å². The van der Waals surface area contributed by atoms with Crippen molar-refractivity contribution in [2.45, 2.75) is 26.2 Å². The summed E-state index contributed by atoms with van der Waals surface area (Å²) in [6, 6.07) is 15.0. The van der Waals surface area contributed by atoms with Gasteiger partial charge in [0, 0.05) is 5.41 Å². The van der Waals surface area contributed by atoms with Crippen LogP contribution in [0, 0.1) is 0 Å². The molecule has 0 aliphatic heterocycles. The van der Waals surface area contributed by atoms with Crippen LogP contribution in [0.1, 0.15) is 31.9 Å². The molecule has 0 spiro atoms. The molecule has 2 aromatic rings. The molecule has 0 atom stereocenters. The van der Waals surface area contributed by atoms with Crippen molar-refractivity contribution < 1.29 is 4.74 Å². The van der Waals surface area contributed by atoms with Crippen LogP contribution in [0.4, 0.5) is 0 Å². The highest BCUT2D eigenvalue weighted by Gasteiger charge is 2.35. The molecule has 2 aromatic carbocycles. The van der Waals surface area contributed by atoms with Crippen LogP contribution in [0.3, 0.4) is 0 Å². The predicted octanol–water partition coefficient (Wildman–Crippen LogP) is 6.17. The zero-order valence-electron chi connectivity index (χ0n) is 14.7. The minimum absolute atomic E-state index is 0.0537. The Morgan fingerprint density at radius 3 is 2.21 bits per heavy atom. The van der Waals surface area contributed by atoms with E-state index in [9.17, 15) is 0 Å². The van der Waals surface area contributed by atoms with Gasteiger partial charge in [-0.25, -0.2) is 0 Å². The molecule has 1 aliphatic rings. The Kier molecular flexibility index (Phi) is 4.19. The van der Waals surface area contributed by atoms with E-state index in [1.54, 1.807) is 0 Å². The van der Waals surface area contributed by atoms with E-state index in [0.717, 1.165) is 5.75 Å². The molecule has 1 nitrogen and oxygen atoms in total. The van der Waals surface area contributed by atoms with E-state index in [0.29, 0.717) is 6.61 Å². The van der Waals surface area contributed by atoms with Gasteiger partial charge in [-0.2, -0.15) is 0 Å².